The van der Waals surface area contributed by atoms with Crippen LogP contribution in [0, 0.1) is 0 Å². The lowest BCUT2D eigenvalue weighted by Crippen LogP contribution is -2.26. The molecule has 1 saturated carbocycles. The van der Waals surface area contributed by atoms with Crippen molar-refractivity contribution in [1.82, 2.24) is 10.1 Å². The van der Waals surface area contributed by atoms with Crippen molar-refractivity contribution < 1.29 is 9.32 Å². The molecule has 2 aromatic heterocycles. The normalized spacial score (nSPS) is 14.5. The van der Waals surface area contributed by atoms with Gasteiger partial charge in [-0.3, -0.25) is 4.79 Å². The van der Waals surface area contributed by atoms with Crippen LogP contribution in [0.15, 0.2) is 41.1 Å². The number of hydrogen-bond donors (Lipinski definition) is 1. The van der Waals surface area contributed by atoms with Gasteiger partial charge in [0.15, 0.2) is 5.69 Å². The number of amides is 1. The quantitative estimate of drug-likeness (QED) is 0.801. The van der Waals surface area contributed by atoms with Crippen LogP contribution in [0.25, 0.3) is 10.9 Å². The Hall–Kier alpha value is -2.56. The number of carbonyl (C=O) groups excluding carboxylic acids is 1. The van der Waals surface area contributed by atoms with Crippen molar-refractivity contribution in [2.24, 2.45) is 0 Å². The van der Waals surface area contributed by atoms with Gasteiger partial charge >= 0.3 is 0 Å². The molecule has 1 aliphatic carbocycles. The third kappa shape index (κ3) is 2.11. The molecule has 2 heterocycles. The molecule has 0 spiro atoms. The lowest BCUT2D eigenvalue weighted by Gasteiger charge is -2.15. The van der Waals surface area contributed by atoms with Gasteiger partial charge < -0.3 is 14.4 Å². The van der Waals surface area contributed by atoms with E-state index >= 15 is 0 Å². The van der Waals surface area contributed by atoms with Crippen LogP contribution in [0.3, 0.4) is 0 Å². The highest BCUT2D eigenvalue weighted by Gasteiger charge is 2.29. The number of nitrogens with one attached hydrogen (secondary N) is 1. The molecule has 3 aromatic rings. The molecule has 0 saturated heterocycles. The molecule has 0 atom stereocenters. The number of aromatic amines is 1. The second-order valence-corrected chi connectivity index (χ2v) is 5.50. The zero-order valence-corrected chi connectivity index (χ0v) is 11.7. The summed E-state index contributed by atoms with van der Waals surface area (Å²) >= 11 is 0. The molecule has 4 rings (SSSR count). The fraction of sp³-hybridized carbons (Fsp3) is 0.250. The van der Waals surface area contributed by atoms with Gasteiger partial charge in [-0.1, -0.05) is 5.16 Å². The summed E-state index contributed by atoms with van der Waals surface area (Å²) in [6, 6.07) is 9.61. The average molecular weight is 281 g/mol. The molecule has 0 bridgehead atoms. The maximum Gasteiger partial charge on any atom is 0.280 e. The number of benzene rings is 1. The Balaban J connectivity index is 1.62. The van der Waals surface area contributed by atoms with E-state index in [0.717, 1.165) is 35.2 Å². The van der Waals surface area contributed by atoms with Crippen LogP contribution in [-0.2, 0) is 0 Å². The molecule has 5 heteroatoms. The van der Waals surface area contributed by atoms with E-state index < -0.39 is 0 Å². The molecule has 1 amide bonds. The first-order chi connectivity index (χ1) is 10.2. The second kappa shape index (κ2) is 4.48. The molecule has 1 aromatic carbocycles. The molecule has 106 valence electrons. The van der Waals surface area contributed by atoms with Crippen molar-refractivity contribution in [3.05, 3.63) is 48.0 Å². The van der Waals surface area contributed by atoms with E-state index in [1.165, 1.54) is 0 Å². The number of fused-ring (bicyclic) bond motifs is 1. The van der Waals surface area contributed by atoms with Crippen LogP contribution in [0.5, 0.6) is 0 Å². The Kier molecular flexibility index (Phi) is 2.60. The number of anilines is 1. The van der Waals surface area contributed by atoms with Crippen molar-refractivity contribution in [2.75, 3.05) is 11.9 Å². The molecule has 1 N–H and O–H groups in total. The maximum atomic E-state index is 12.5. The van der Waals surface area contributed by atoms with Gasteiger partial charge in [0.1, 0.15) is 5.76 Å². The van der Waals surface area contributed by atoms with Gasteiger partial charge in [0.05, 0.1) is 0 Å². The van der Waals surface area contributed by atoms with Gasteiger partial charge in [-0.15, -0.1) is 0 Å². The van der Waals surface area contributed by atoms with E-state index in [1.54, 1.807) is 18.0 Å². The van der Waals surface area contributed by atoms with E-state index in [-0.39, 0.29) is 5.91 Å². The highest BCUT2D eigenvalue weighted by Crippen LogP contribution is 2.40. The van der Waals surface area contributed by atoms with Crippen molar-refractivity contribution >= 4 is 22.5 Å². The summed E-state index contributed by atoms with van der Waals surface area (Å²) in [5, 5.41) is 4.98. The highest BCUT2D eigenvalue weighted by atomic mass is 16.5. The summed E-state index contributed by atoms with van der Waals surface area (Å²) in [5.74, 6) is 1.13. The number of hydrogen-bond acceptors (Lipinski definition) is 3. The van der Waals surface area contributed by atoms with Gasteiger partial charge in [-0.05, 0) is 37.1 Å². The van der Waals surface area contributed by atoms with E-state index in [1.807, 2.05) is 30.5 Å². The highest BCUT2D eigenvalue weighted by molar-refractivity contribution is 6.05. The molecule has 1 aliphatic rings. The van der Waals surface area contributed by atoms with E-state index in [4.69, 9.17) is 4.52 Å². The topological polar surface area (TPSA) is 62.1 Å². The molecule has 0 aliphatic heterocycles. The van der Waals surface area contributed by atoms with Gasteiger partial charge in [0, 0.05) is 41.8 Å². The summed E-state index contributed by atoms with van der Waals surface area (Å²) in [6.07, 6.45) is 4.14. The smallest absolute Gasteiger partial charge is 0.280 e. The summed E-state index contributed by atoms with van der Waals surface area (Å²) in [7, 11) is 1.75. The minimum Gasteiger partial charge on any atom is -0.361 e. The Morgan fingerprint density at radius 3 is 3.00 bits per heavy atom. The third-order valence-electron chi connectivity index (χ3n) is 3.96. The van der Waals surface area contributed by atoms with Crippen molar-refractivity contribution in [3.63, 3.8) is 0 Å². The summed E-state index contributed by atoms with van der Waals surface area (Å²) in [4.78, 5) is 17.2. The first-order valence-corrected chi connectivity index (χ1v) is 7.04. The Morgan fingerprint density at radius 1 is 1.33 bits per heavy atom. The molecule has 0 radical (unpaired) electrons. The second-order valence-electron chi connectivity index (χ2n) is 5.50. The predicted molar refractivity (Wildman–Crippen MR) is 79.5 cm³/mol. The van der Waals surface area contributed by atoms with Gasteiger partial charge in [0.2, 0.25) is 0 Å². The first-order valence-electron chi connectivity index (χ1n) is 7.04. The van der Waals surface area contributed by atoms with Crippen LogP contribution in [0.1, 0.15) is 35.0 Å². The Morgan fingerprint density at radius 2 is 2.19 bits per heavy atom. The monoisotopic (exact) mass is 281 g/mol. The summed E-state index contributed by atoms with van der Waals surface area (Å²) in [5.41, 5.74) is 2.26. The van der Waals surface area contributed by atoms with Gasteiger partial charge in [-0.25, -0.2) is 0 Å². The number of rotatable bonds is 3. The lowest BCUT2D eigenvalue weighted by atomic mass is 10.2. The molecular formula is C16H15N3O2. The first kappa shape index (κ1) is 12.2. The molecule has 5 nitrogen and oxygen atoms in total. The largest absolute Gasteiger partial charge is 0.361 e. The van der Waals surface area contributed by atoms with Crippen LogP contribution in [0.4, 0.5) is 5.69 Å². The van der Waals surface area contributed by atoms with Crippen molar-refractivity contribution in [1.29, 1.82) is 0 Å². The van der Waals surface area contributed by atoms with Crippen LogP contribution in [-0.4, -0.2) is 23.1 Å². The fourth-order valence-corrected chi connectivity index (χ4v) is 2.49. The Labute approximate surface area is 121 Å². The maximum absolute atomic E-state index is 12.5. The number of carbonyl (C=O) groups is 1. The standard InChI is InChI=1S/C16H15N3O2/c1-19(12-4-5-13-11(8-12)6-7-17-13)16(20)14-9-15(21-18-14)10-2-3-10/h4-10,17H,2-3H2,1H3. The van der Waals surface area contributed by atoms with Gasteiger partial charge in [-0.2, -0.15) is 0 Å². The molecule has 21 heavy (non-hydrogen) atoms. The minimum absolute atomic E-state index is 0.152. The van der Waals surface area contributed by atoms with E-state index in [2.05, 4.69) is 10.1 Å². The summed E-state index contributed by atoms with van der Waals surface area (Å²) in [6.45, 7) is 0. The van der Waals surface area contributed by atoms with Crippen LogP contribution in [0.2, 0.25) is 0 Å². The minimum atomic E-state index is -0.152. The van der Waals surface area contributed by atoms with Crippen molar-refractivity contribution in [2.45, 2.75) is 18.8 Å². The summed E-state index contributed by atoms with van der Waals surface area (Å²) < 4.78 is 5.25. The zero-order chi connectivity index (χ0) is 14.4. The molecule has 1 fully saturated rings. The van der Waals surface area contributed by atoms with Crippen molar-refractivity contribution in [3.8, 4) is 0 Å². The van der Waals surface area contributed by atoms with Crippen LogP contribution >= 0.6 is 0 Å². The van der Waals surface area contributed by atoms with E-state index in [9.17, 15) is 4.79 Å². The number of H-pyrrole nitrogens is 1. The van der Waals surface area contributed by atoms with Gasteiger partial charge in [0.25, 0.3) is 5.91 Å². The van der Waals surface area contributed by atoms with Crippen LogP contribution < -0.4 is 4.90 Å². The zero-order valence-electron chi connectivity index (χ0n) is 11.7. The lowest BCUT2D eigenvalue weighted by molar-refractivity contribution is 0.0984. The van der Waals surface area contributed by atoms with E-state index in [0.29, 0.717) is 11.6 Å². The average Bonchev–Trinajstić information content (AvgIpc) is 3.06. The number of nitrogens with zero attached hydrogens (tertiary/aromatic N) is 2. The Bertz CT molecular complexity index is 814. The number of aromatic nitrogens is 2. The SMILES string of the molecule is CN(C(=O)c1cc(C2CC2)on1)c1ccc2[nH]ccc2c1. The molecule has 0 unspecified atom stereocenters. The molecular weight excluding hydrogens is 266 g/mol. The third-order valence-corrected chi connectivity index (χ3v) is 3.96. The fourth-order valence-electron chi connectivity index (χ4n) is 2.49. The predicted octanol–water partition coefficient (Wildman–Crippen LogP) is 3.31.